The Morgan fingerprint density at radius 3 is 3.29 bits per heavy atom. The van der Waals surface area contributed by atoms with Crippen molar-refractivity contribution in [2.75, 3.05) is 18.4 Å². The molecule has 0 amide bonds. The molecule has 1 saturated heterocycles. The van der Waals surface area contributed by atoms with Crippen molar-refractivity contribution in [3.05, 3.63) is 23.9 Å². The van der Waals surface area contributed by atoms with Gasteiger partial charge < -0.3 is 10.6 Å². The van der Waals surface area contributed by atoms with E-state index in [1.54, 1.807) is 18.3 Å². The summed E-state index contributed by atoms with van der Waals surface area (Å²) in [5, 5.41) is 15.4. The molecule has 1 aliphatic heterocycles. The smallest absolute Gasteiger partial charge is 0.144 e. The maximum Gasteiger partial charge on any atom is 0.144 e. The Bertz CT molecular complexity index is 349. The van der Waals surface area contributed by atoms with Gasteiger partial charge in [0.2, 0.25) is 0 Å². The first-order valence-corrected chi connectivity index (χ1v) is 4.72. The van der Waals surface area contributed by atoms with Gasteiger partial charge in [0.05, 0.1) is 5.56 Å². The summed E-state index contributed by atoms with van der Waals surface area (Å²) >= 11 is 0. The van der Waals surface area contributed by atoms with Crippen molar-refractivity contribution in [3.8, 4) is 6.07 Å². The number of aromatic nitrogens is 1. The Morgan fingerprint density at radius 2 is 2.57 bits per heavy atom. The van der Waals surface area contributed by atoms with Gasteiger partial charge >= 0.3 is 0 Å². The fraction of sp³-hybridized carbons (Fsp3) is 0.400. The number of nitriles is 1. The molecule has 1 atom stereocenters. The predicted molar refractivity (Wildman–Crippen MR) is 53.8 cm³/mol. The summed E-state index contributed by atoms with van der Waals surface area (Å²) in [6.07, 6.45) is 2.78. The molecule has 0 spiro atoms. The zero-order valence-electron chi connectivity index (χ0n) is 7.83. The first-order chi connectivity index (χ1) is 6.90. The fourth-order valence-corrected chi connectivity index (χ4v) is 1.58. The molecule has 0 aromatic carbocycles. The van der Waals surface area contributed by atoms with Gasteiger partial charge in [-0.05, 0) is 25.1 Å². The summed E-state index contributed by atoms with van der Waals surface area (Å²) in [6.45, 7) is 1.98. The summed E-state index contributed by atoms with van der Waals surface area (Å²) in [7, 11) is 0. The molecular weight excluding hydrogens is 176 g/mol. The molecular formula is C10H12N4. The van der Waals surface area contributed by atoms with Crippen molar-refractivity contribution in [2.45, 2.75) is 12.5 Å². The maximum atomic E-state index is 8.85. The lowest BCUT2D eigenvalue weighted by atomic mass is 10.2. The van der Waals surface area contributed by atoms with E-state index in [9.17, 15) is 0 Å². The molecule has 2 N–H and O–H groups in total. The number of hydrogen-bond donors (Lipinski definition) is 2. The number of rotatable bonds is 2. The van der Waals surface area contributed by atoms with Gasteiger partial charge in [-0.2, -0.15) is 5.26 Å². The first kappa shape index (κ1) is 8.97. The highest BCUT2D eigenvalue weighted by Crippen LogP contribution is 2.13. The van der Waals surface area contributed by atoms with Gasteiger partial charge in [0, 0.05) is 18.8 Å². The van der Waals surface area contributed by atoms with Crippen LogP contribution >= 0.6 is 0 Å². The Labute approximate surface area is 83.0 Å². The van der Waals surface area contributed by atoms with Gasteiger partial charge in [-0.25, -0.2) is 4.98 Å². The lowest BCUT2D eigenvalue weighted by Crippen LogP contribution is -2.23. The third-order valence-electron chi connectivity index (χ3n) is 2.33. The maximum absolute atomic E-state index is 8.85. The number of nitrogens with one attached hydrogen (secondary N) is 2. The van der Waals surface area contributed by atoms with Crippen LogP contribution in [0.15, 0.2) is 18.3 Å². The summed E-state index contributed by atoms with van der Waals surface area (Å²) in [6, 6.07) is 6.07. The van der Waals surface area contributed by atoms with Gasteiger partial charge in [-0.3, -0.25) is 0 Å². The van der Waals surface area contributed by atoms with Crippen LogP contribution in [-0.2, 0) is 0 Å². The second kappa shape index (κ2) is 4.07. The standard InChI is InChI=1S/C10H12N4/c11-6-8-2-1-4-13-10(8)14-9-3-5-12-7-9/h1-2,4,9,12H,3,5,7H2,(H,13,14)/t9-/m0/s1. The first-order valence-electron chi connectivity index (χ1n) is 4.72. The monoisotopic (exact) mass is 188 g/mol. The molecule has 0 saturated carbocycles. The summed E-state index contributed by atoms with van der Waals surface area (Å²) in [5.41, 5.74) is 0.611. The van der Waals surface area contributed by atoms with E-state index < -0.39 is 0 Å². The van der Waals surface area contributed by atoms with Crippen molar-refractivity contribution in [3.63, 3.8) is 0 Å². The lowest BCUT2D eigenvalue weighted by molar-refractivity contribution is 0.787. The summed E-state index contributed by atoms with van der Waals surface area (Å²) in [5.74, 6) is 0.698. The van der Waals surface area contributed by atoms with Crippen molar-refractivity contribution in [1.29, 1.82) is 5.26 Å². The summed E-state index contributed by atoms with van der Waals surface area (Å²) in [4.78, 5) is 4.15. The van der Waals surface area contributed by atoms with Crippen LogP contribution in [0.1, 0.15) is 12.0 Å². The largest absolute Gasteiger partial charge is 0.365 e. The van der Waals surface area contributed by atoms with E-state index in [1.807, 2.05) is 0 Å². The second-order valence-corrected chi connectivity index (χ2v) is 3.35. The molecule has 14 heavy (non-hydrogen) atoms. The van der Waals surface area contributed by atoms with E-state index in [2.05, 4.69) is 21.7 Å². The Balaban J connectivity index is 2.11. The second-order valence-electron chi connectivity index (χ2n) is 3.35. The third-order valence-corrected chi connectivity index (χ3v) is 2.33. The molecule has 2 rings (SSSR count). The molecule has 1 aliphatic rings. The van der Waals surface area contributed by atoms with Crippen LogP contribution in [0.4, 0.5) is 5.82 Å². The minimum Gasteiger partial charge on any atom is -0.365 e. The lowest BCUT2D eigenvalue weighted by Gasteiger charge is -2.12. The van der Waals surface area contributed by atoms with Crippen LogP contribution in [0.2, 0.25) is 0 Å². The molecule has 0 unspecified atom stereocenters. The highest BCUT2D eigenvalue weighted by molar-refractivity contribution is 5.51. The molecule has 1 aromatic heterocycles. The average Bonchev–Trinajstić information content (AvgIpc) is 2.71. The molecule has 2 heterocycles. The molecule has 72 valence electrons. The number of pyridine rings is 1. The SMILES string of the molecule is N#Cc1cccnc1N[C@H]1CCNC1. The highest BCUT2D eigenvalue weighted by Gasteiger charge is 2.15. The van der Waals surface area contributed by atoms with Gasteiger partial charge in [0.1, 0.15) is 11.9 Å². The van der Waals surface area contributed by atoms with Crippen molar-refractivity contribution < 1.29 is 0 Å². The molecule has 0 radical (unpaired) electrons. The Kier molecular flexibility index (Phi) is 2.61. The van der Waals surface area contributed by atoms with E-state index in [1.165, 1.54) is 0 Å². The zero-order chi connectivity index (χ0) is 9.80. The van der Waals surface area contributed by atoms with Gasteiger partial charge in [-0.15, -0.1) is 0 Å². The van der Waals surface area contributed by atoms with Gasteiger partial charge in [0.25, 0.3) is 0 Å². The minimum atomic E-state index is 0.400. The van der Waals surface area contributed by atoms with E-state index in [4.69, 9.17) is 5.26 Å². The highest BCUT2D eigenvalue weighted by atomic mass is 15.1. The fourth-order valence-electron chi connectivity index (χ4n) is 1.58. The quantitative estimate of drug-likeness (QED) is 0.718. The van der Waals surface area contributed by atoms with E-state index in [-0.39, 0.29) is 0 Å². The normalized spacial score (nSPS) is 20.4. The van der Waals surface area contributed by atoms with Crippen LogP contribution in [0.25, 0.3) is 0 Å². The van der Waals surface area contributed by atoms with E-state index in [0.29, 0.717) is 17.4 Å². The molecule has 0 aliphatic carbocycles. The van der Waals surface area contributed by atoms with Crippen LogP contribution < -0.4 is 10.6 Å². The number of hydrogen-bond acceptors (Lipinski definition) is 4. The Hall–Kier alpha value is -1.60. The van der Waals surface area contributed by atoms with Crippen LogP contribution in [0, 0.1) is 11.3 Å². The summed E-state index contributed by atoms with van der Waals surface area (Å²) < 4.78 is 0. The zero-order valence-corrected chi connectivity index (χ0v) is 7.83. The van der Waals surface area contributed by atoms with Crippen LogP contribution in [-0.4, -0.2) is 24.1 Å². The predicted octanol–water partition coefficient (Wildman–Crippen LogP) is 0.727. The van der Waals surface area contributed by atoms with Crippen molar-refractivity contribution in [2.24, 2.45) is 0 Å². The molecule has 0 bridgehead atoms. The van der Waals surface area contributed by atoms with E-state index >= 15 is 0 Å². The molecule has 1 fully saturated rings. The van der Waals surface area contributed by atoms with Crippen LogP contribution in [0.3, 0.4) is 0 Å². The number of nitrogens with zero attached hydrogens (tertiary/aromatic N) is 2. The average molecular weight is 188 g/mol. The third kappa shape index (κ3) is 1.83. The topological polar surface area (TPSA) is 60.7 Å². The van der Waals surface area contributed by atoms with Gasteiger partial charge in [-0.1, -0.05) is 0 Å². The van der Waals surface area contributed by atoms with E-state index in [0.717, 1.165) is 19.5 Å². The van der Waals surface area contributed by atoms with Crippen molar-refractivity contribution >= 4 is 5.82 Å². The number of anilines is 1. The Morgan fingerprint density at radius 1 is 1.64 bits per heavy atom. The molecule has 1 aromatic rings. The van der Waals surface area contributed by atoms with Gasteiger partial charge in [0.15, 0.2) is 0 Å². The minimum absolute atomic E-state index is 0.400. The van der Waals surface area contributed by atoms with Crippen LogP contribution in [0.5, 0.6) is 0 Å². The molecule has 4 heteroatoms. The molecule has 4 nitrogen and oxygen atoms in total. The van der Waals surface area contributed by atoms with Crippen molar-refractivity contribution in [1.82, 2.24) is 10.3 Å².